The van der Waals surface area contributed by atoms with E-state index in [-0.39, 0.29) is 17.7 Å². The fraction of sp³-hybridized carbons (Fsp3) is 1.00. The van der Waals surface area contributed by atoms with E-state index in [2.05, 4.69) is 0 Å². The summed E-state index contributed by atoms with van der Waals surface area (Å²) in [4.78, 5) is 0. The Morgan fingerprint density at radius 2 is 2.00 bits per heavy atom. The maximum atomic E-state index is 12.3. The molecule has 17 heavy (non-hydrogen) atoms. The minimum atomic E-state index is -3.22. The van der Waals surface area contributed by atoms with Crippen LogP contribution in [-0.2, 0) is 10.0 Å². The molecule has 0 bridgehead atoms. The Morgan fingerprint density at radius 3 is 2.53 bits per heavy atom. The molecule has 0 saturated carbocycles. The number of sulfonamides is 1. The van der Waals surface area contributed by atoms with E-state index in [0.717, 1.165) is 25.7 Å². The molecule has 1 N–H and O–H groups in total. The minimum Gasteiger partial charge on any atom is -0.392 e. The molecule has 0 aromatic carbocycles. The number of aliphatic hydroxyl groups is 1. The van der Waals surface area contributed by atoms with Crippen LogP contribution in [0.15, 0.2) is 0 Å². The van der Waals surface area contributed by atoms with Gasteiger partial charge in [-0.2, -0.15) is 4.31 Å². The number of hydrogen-bond acceptors (Lipinski definition) is 3. The molecule has 1 saturated heterocycles. The average Bonchev–Trinajstić information content (AvgIpc) is 2.28. The summed E-state index contributed by atoms with van der Waals surface area (Å²) in [5, 5.41) is 9.70. The van der Waals surface area contributed by atoms with E-state index in [0.29, 0.717) is 6.54 Å². The van der Waals surface area contributed by atoms with Crippen LogP contribution < -0.4 is 0 Å². The van der Waals surface area contributed by atoms with Gasteiger partial charge in [-0.25, -0.2) is 8.42 Å². The van der Waals surface area contributed by atoms with Crippen LogP contribution in [0.25, 0.3) is 0 Å². The molecule has 1 heterocycles. The first kappa shape index (κ1) is 14.9. The Kier molecular flexibility index (Phi) is 5.41. The average molecular weight is 263 g/mol. The van der Waals surface area contributed by atoms with Crippen molar-refractivity contribution in [3.8, 4) is 0 Å². The molecule has 1 fully saturated rings. The summed E-state index contributed by atoms with van der Waals surface area (Å²) in [6, 6.07) is -0.224. The highest BCUT2D eigenvalue weighted by atomic mass is 32.2. The Morgan fingerprint density at radius 1 is 1.35 bits per heavy atom. The maximum Gasteiger partial charge on any atom is 0.214 e. The largest absolute Gasteiger partial charge is 0.392 e. The summed E-state index contributed by atoms with van der Waals surface area (Å²) in [5.74, 6) is 0.378. The molecule has 5 heteroatoms. The first-order valence-corrected chi connectivity index (χ1v) is 8.17. The van der Waals surface area contributed by atoms with Gasteiger partial charge in [0, 0.05) is 6.54 Å². The van der Waals surface area contributed by atoms with Gasteiger partial charge < -0.3 is 5.11 Å². The third-order valence-corrected chi connectivity index (χ3v) is 5.76. The molecule has 0 aliphatic carbocycles. The van der Waals surface area contributed by atoms with Gasteiger partial charge in [0.05, 0.1) is 17.9 Å². The molecule has 4 nitrogen and oxygen atoms in total. The summed E-state index contributed by atoms with van der Waals surface area (Å²) in [5.41, 5.74) is 0. The quantitative estimate of drug-likeness (QED) is 0.819. The number of rotatable bonds is 5. The van der Waals surface area contributed by atoms with E-state index in [1.807, 2.05) is 13.8 Å². The molecule has 0 radical (unpaired) electrons. The Hall–Kier alpha value is -0.130. The van der Waals surface area contributed by atoms with Crippen molar-refractivity contribution < 1.29 is 13.5 Å². The van der Waals surface area contributed by atoms with Crippen LogP contribution in [0.1, 0.15) is 46.5 Å². The van der Waals surface area contributed by atoms with Crippen LogP contribution in [0.3, 0.4) is 0 Å². The van der Waals surface area contributed by atoms with Crippen molar-refractivity contribution >= 4 is 10.0 Å². The van der Waals surface area contributed by atoms with Gasteiger partial charge >= 0.3 is 0 Å². The van der Waals surface area contributed by atoms with Crippen LogP contribution in [0.4, 0.5) is 0 Å². The monoisotopic (exact) mass is 263 g/mol. The van der Waals surface area contributed by atoms with Crippen molar-refractivity contribution in [1.29, 1.82) is 0 Å². The van der Waals surface area contributed by atoms with Gasteiger partial charge in [-0.15, -0.1) is 0 Å². The lowest BCUT2D eigenvalue weighted by Gasteiger charge is -2.36. The van der Waals surface area contributed by atoms with Crippen molar-refractivity contribution in [2.24, 2.45) is 5.92 Å². The number of piperidine rings is 1. The lowest BCUT2D eigenvalue weighted by atomic mass is 10.0. The predicted octanol–water partition coefficient (Wildman–Crippen LogP) is 1.60. The maximum absolute atomic E-state index is 12.3. The van der Waals surface area contributed by atoms with Crippen molar-refractivity contribution in [3.05, 3.63) is 0 Å². The zero-order chi connectivity index (χ0) is 13.1. The minimum absolute atomic E-state index is 0.177. The summed E-state index contributed by atoms with van der Waals surface area (Å²) in [6.07, 6.45) is 2.97. The fourth-order valence-corrected chi connectivity index (χ4v) is 4.58. The molecule has 1 rings (SSSR count). The van der Waals surface area contributed by atoms with Gasteiger partial charge in [-0.05, 0) is 25.7 Å². The second-order valence-corrected chi connectivity index (χ2v) is 7.17. The van der Waals surface area contributed by atoms with Gasteiger partial charge in [-0.1, -0.05) is 26.7 Å². The van der Waals surface area contributed by atoms with E-state index >= 15 is 0 Å². The highest BCUT2D eigenvalue weighted by Crippen LogP contribution is 2.24. The summed E-state index contributed by atoms with van der Waals surface area (Å²) < 4.78 is 26.1. The van der Waals surface area contributed by atoms with E-state index in [9.17, 15) is 13.5 Å². The second kappa shape index (κ2) is 6.16. The smallest absolute Gasteiger partial charge is 0.214 e. The molecule has 0 aromatic heterocycles. The third-order valence-electron chi connectivity index (χ3n) is 3.60. The predicted molar refractivity (Wildman–Crippen MR) is 69.3 cm³/mol. The lowest BCUT2D eigenvalue weighted by Crippen LogP contribution is -2.50. The van der Waals surface area contributed by atoms with Crippen molar-refractivity contribution in [2.45, 2.75) is 58.6 Å². The van der Waals surface area contributed by atoms with Gasteiger partial charge in [0.15, 0.2) is 0 Å². The molecule has 3 atom stereocenters. The number of nitrogens with zero attached hydrogens (tertiary/aromatic N) is 1. The van der Waals surface area contributed by atoms with E-state index < -0.39 is 16.1 Å². The summed E-state index contributed by atoms with van der Waals surface area (Å²) in [7, 11) is -3.22. The van der Waals surface area contributed by atoms with Crippen molar-refractivity contribution in [3.63, 3.8) is 0 Å². The van der Waals surface area contributed by atoms with Crippen LogP contribution >= 0.6 is 0 Å². The molecule has 3 unspecified atom stereocenters. The SMILES string of the molecule is CCC(C)CS(=O)(=O)N1CCCCC1C(C)O. The van der Waals surface area contributed by atoms with Gasteiger partial charge in [0.2, 0.25) is 10.0 Å². The van der Waals surface area contributed by atoms with Gasteiger partial charge in [0.1, 0.15) is 0 Å². The normalized spacial score (nSPS) is 26.7. The first-order valence-electron chi connectivity index (χ1n) is 6.56. The van der Waals surface area contributed by atoms with E-state index in [4.69, 9.17) is 0 Å². The van der Waals surface area contributed by atoms with Crippen LogP contribution in [-0.4, -0.2) is 42.3 Å². The summed E-state index contributed by atoms with van der Waals surface area (Å²) >= 11 is 0. The molecule has 0 spiro atoms. The topological polar surface area (TPSA) is 57.6 Å². The van der Waals surface area contributed by atoms with Crippen LogP contribution in [0, 0.1) is 5.92 Å². The standard InChI is InChI=1S/C12H25NO3S/c1-4-10(2)9-17(15,16)13-8-6-5-7-12(13)11(3)14/h10-12,14H,4-9H2,1-3H3. The number of hydrogen-bond donors (Lipinski definition) is 1. The van der Waals surface area contributed by atoms with Crippen molar-refractivity contribution in [2.75, 3.05) is 12.3 Å². The molecule has 102 valence electrons. The van der Waals surface area contributed by atoms with Crippen LogP contribution in [0.2, 0.25) is 0 Å². The molecular weight excluding hydrogens is 238 g/mol. The van der Waals surface area contributed by atoms with E-state index in [1.54, 1.807) is 6.92 Å². The Bertz CT molecular complexity index is 327. The molecular formula is C12H25NO3S. The van der Waals surface area contributed by atoms with E-state index in [1.165, 1.54) is 4.31 Å². The summed E-state index contributed by atoms with van der Waals surface area (Å²) in [6.45, 7) is 6.21. The lowest BCUT2D eigenvalue weighted by molar-refractivity contribution is 0.0829. The zero-order valence-electron chi connectivity index (χ0n) is 11.1. The van der Waals surface area contributed by atoms with Crippen molar-refractivity contribution in [1.82, 2.24) is 4.31 Å². The third kappa shape index (κ3) is 3.93. The highest BCUT2D eigenvalue weighted by molar-refractivity contribution is 7.89. The number of aliphatic hydroxyl groups excluding tert-OH is 1. The molecule has 1 aliphatic rings. The van der Waals surface area contributed by atoms with Gasteiger partial charge in [0.25, 0.3) is 0 Å². The highest BCUT2D eigenvalue weighted by Gasteiger charge is 2.35. The van der Waals surface area contributed by atoms with Gasteiger partial charge in [-0.3, -0.25) is 0 Å². The Labute approximate surface area is 105 Å². The van der Waals surface area contributed by atoms with Crippen LogP contribution in [0.5, 0.6) is 0 Å². The first-order chi connectivity index (χ1) is 7.88. The fourth-order valence-electron chi connectivity index (χ4n) is 2.33. The molecule has 0 amide bonds. The molecule has 0 aromatic rings. The Balaban J connectivity index is 2.80. The molecule has 1 aliphatic heterocycles. The zero-order valence-corrected chi connectivity index (χ0v) is 11.9. The second-order valence-electron chi connectivity index (χ2n) is 5.21.